The molecule has 0 aliphatic carbocycles. The molecule has 0 radical (unpaired) electrons. The van der Waals surface area contributed by atoms with E-state index in [-0.39, 0.29) is 6.42 Å². The zero-order valence-electron chi connectivity index (χ0n) is 10.6. The first-order valence-corrected chi connectivity index (χ1v) is 6.81. The molecule has 19 heavy (non-hydrogen) atoms. The van der Waals surface area contributed by atoms with Gasteiger partial charge in [0.15, 0.2) is 0 Å². The monoisotopic (exact) mass is 277 g/mol. The van der Waals surface area contributed by atoms with Crippen LogP contribution in [-0.4, -0.2) is 29.8 Å². The summed E-state index contributed by atoms with van der Waals surface area (Å²) in [5, 5.41) is 11.2. The van der Waals surface area contributed by atoms with Crippen molar-refractivity contribution in [2.45, 2.75) is 12.8 Å². The number of hydrogen-bond donors (Lipinski definition) is 1. The van der Waals surface area contributed by atoms with Gasteiger partial charge in [-0.3, -0.25) is 4.79 Å². The molecule has 2 aromatic rings. The van der Waals surface area contributed by atoms with Crippen LogP contribution in [0.1, 0.15) is 10.6 Å². The Morgan fingerprint density at radius 1 is 1.37 bits per heavy atom. The van der Waals surface area contributed by atoms with Gasteiger partial charge < -0.3 is 9.84 Å². The van der Waals surface area contributed by atoms with E-state index < -0.39 is 5.97 Å². The lowest BCUT2D eigenvalue weighted by Crippen LogP contribution is -1.99. The maximum Gasteiger partial charge on any atom is 0.310 e. The summed E-state index contributed by atoms with van der Waals surface area (Å²) in [7, 11) is 1.69. The zero-order chi connectivity index (χ0) is 13.7. The largest absolute Gasteiger partial charge is 0.481 e. The van der Waals surface area contributed by atoms with E-state index in [4.69, 9.17) is 9.84 Å². The summed E-state index contributed by atoms with van der Waals surface area (Å²) in [5.41, 5.74) is 3.06. The maximum atomic E-state index is 10.6. The fourth-order valence-corrected chi connectivity index (χ4v) is 2.51. The Morgan fingerprint density at radius 2 is 2.11 bits per heavy atom. The van der Waals surface area contributed by atoms with Crippen LogP contribution >= 0.6 is 11.3 Å². The van der Waals surface area contributed by atoms with Gasteiger partial charge in [0.2, 0.25) is 0 Å². The number of benzene rings is 1. The molecule has 2 rings (SSSR count). The van der Waals surface area contributed by atoms with Gasteiger partial charge in [-0.25, -0.2) is 4.98 Å². The number of nitrogens with zero attached hydrogens (tertiary/aromatic N) is 1. The Bertz CT molecular complexity index is 548. The third-order valence-corrected chi connectivity index (χ3v) is 3.55. The number of hydrogen-bond acceptors (Lipinski definition) is 4. The lowest BCUT2D eigenvalue weighted by Gasteiger charge is -2.01. The number of aromatic nitrogens is 1. The first-order chi connectivity index (χ1) is 9.19. The summed E-state index contributed by atoms with van der Waals surface area (Å²) in [5.74, 6) is -0.851. The number of carbonyl (C=O) groups is 1. The van der Waals surface area contributed by atoms with Gasteiger partial charge in [-0.15, -0.1) is 11.3 Å². The Labute approximate surface area is 115 Å². The van der Waals surface area contributed by atoms with Gasteiger partial charge >= 0.3 is 5.97 Å². The minimum absolute atomic E-state index is 0.0173. The first kappa shape index (κ1) is 13.7. The number of methoxy groups -OCH3 is 1. The summed E-state index contributed by atoms with van der Waals surface area (Å²) in [6.07, 6.45) is 0.870. The molecule has 5 heteroatoms. The molecular formula is C14H15NO3S. The normalized spacial score (nSPS) is 10.6. The quantitative estimate of drug-likeness (QED) is 0.881. The molecule has 0 atom stereocenters. The molecule has 0 saturated heterocycles. The van der Waals surface area contributed by atoms with Crippen LogP contribution in [0.4, 0.5) is 0 Å². The van der Waals surface area contributed by atoms with Gasteiger partial charge in [0.25, 0.3) is 0 Å². The van der Waals surface area contributed by atoms with Crippen molar-refractivity contribution in [2.24, 2.45) is 0 Å². The highest BCUT2D eigenvalue weighted by atomic mass is 32.1. The Balaban J connectivity index is 2.09. The molecule has 1 heterocycles. The fraction of sp³-hybridized carbons (Fsp3) is 0.286. The van der Waals surface area contributed by atoms with Crippen molar-refractivity contribution in [2.75, 3.05) is 13.7 Å². The SMILES string of the molecule is COCCc1ccc(-c2csc(CC(=O)O)n2)cc1. The van der Waals surface area contributed by atoms with E-state index in [0.29, 0.717) is 11.6 Å². The van der Waals surface area contributed by atoms with Crippen molar-refractivity contribution in [3.8, 4) is 11.3 Å². The highest BCUT2D eigenvalue weighted by molar-refractivity contribution is 7.10. The van der Waals surface area contributed by atoms with Crippen LogP contribution in [0, 0.1) is 0 Å². The van der Waals surface area contributed by atoms with Crippen molar-refractivity contribution in [1.29, 1.82) is 0 Å². The number of thiazole rings is 1. The molecule has 4 nitrogen and oxygen atoms in total. The van der Waals surface area contributed by atoms with Crippen LogP contribution < -0.4 is 0 Å². The smallest absolute Gasteiger partial charge is 0.310 e. The lowest BCUT2D eigenvalue weighted by atomic mass is 10.1. The van der Waals surface area contributed by atoms with Crippen LogP contribution in [0.25, 0.3) is 11.3 Å². The van der Waals surface area contributed by atoms with E-state index in [2.05, 4.69) is 4.98 Å². The molecule has 0 saturated carbocycles. The topological polar surface area (TPSA) is 59.4 Å². The minimum atomic E-state index is -0.851. The van der Waals surface area contributed by atoms with Crippen LogP contribution in [0.5, 0.6) is 0 Å². The third-order valence-electron chi connectivity index (χ3n) is 2.70. The molecule has 0 bridgehead atoms. The van der Waals surface area contributed by atoms with Crippen LogP contribution in [0.2, 0.25) is 0 Å². The lowest BCUT2D eigenvalue weighted by molar-refractivity contribution is -0.136. The molecule has 1 aromatic carbocycles. The number of carboxylic acid groups (broad SMARTS) is 1. The van der Waals surface area contributed by atoms with Crippen LogP contribution in [0.3, 0.4) is 0 Å². The van der Waals surface area contributed by atoms with Crippen molar-refractivity contribution in [3.63, 3.8) is 0 Å². The summed E-state index contributed by atoms with van der Waals surface area (Å²) in [4.78, 5) is 14.9. The molecule has 0 fully saturated rings. The Kier molecular flexibility index (Phi) is 4.65. The summed E-state index contributed by atoms with van der Waals surface area (Å²) in [6.45, 7) is 0.707. The second kappa shape index (κ2) is 6.45. The van der Waals surface area contributed by atoms with Crippen molar-refractivity contribution >= 4 is 17.3 Å². The highest BCUT2D eigenvalue weighted by Gasteiger charge is 2.07. The predicted octanol–water partition coefficient (Wildman–Crippen LogP) is 2.63. The average molecular weight is 277 g/mol. The maximum absolute atomic E-state index is 10.6. The molecule has 0 aliphatic rings. The summed E-state index contributed by atoms with van der Waals surface area (Å²) < 4.78 is 5.03. The van der Waals surface area contributed by atoms with E-state index in [9.17, 15) is 4.79 Å². The molecule has 100 valence electrons. The van der Waals surface area contributed by atoms with Gasteiger partial charge in [-0.05, 0) is 12.0 Å². The number of rotatable bonds is 6. The molecule has 0 aliphatic heterocycles. The van der Waals surface area contributed by atoms with E-state index in [1.54, 1.807) is 7.11 Å². The second-order valence-electron chi connectivity index (χ2n) is 4.14. The number of aliphatic carboxylic acids is 1. The van der Waals surface area contributed by atoms with Crippen molar-refractivity contribution in [3.05, 3.63) is 40.2 Å². The van der Waals surface area contributed by atoms with Gasteiger partial charge in [-0.2, -0.15) is 0 Å². The summed E-state index contributed by atoms with van der Waals surface area (Å²) >= 11 is 1.38. The number of ether oxygens (including phenoxy) is 1. The standard InChI is InChI=1S/C14H15NO3S/c1-18-7-6-10-2-4-11(5-3-10)12-9-19-13(15-12)8-14(16)17/h2-5,9H,6-8H2,1H3,(H,16,17). The minimum Gasteiger partial charge on any atom is -0.481 e. The average Bonchev–Trinajstić information content (AvgIpc) is 2.84. The van der Waals surface area contributed by atoms with E-state index in [1.165, 1.54) is 16.9 Å². The van der Waals surface area contributed by atoms with Crippen LogP contribution in [-0.2, 0) is 22.4 Å². The van der Waals surface area contributed by atoms with E-state index in [1.807, 2.05) is 29.6 Å². The molecule has 1 aromatic heterocycles. The Morgan fingerprint density at radius 3 is 2.74 bits per heavy atom. The molecular weight excluding hydrogens is 262 g/mol. The second-order valence-corrected chi connectivity index (χ2v) is 5.08. The van der Waals surface area contributed by atoms with Crippen LogP contribution in [0.15, 0.2) is 29.6 Å². The molecule has 0 amide bonds. The van der Waals surface area contributed by atoms with Gasteiger partial charge in [0.1, 0.15) is 5.01 Å². The van der Waals surface area contributed by atoms with Crippen molar-refractivity contribution in [1.82, 2.24) is 4.98 Å². The number of carboxylic acids is 1. The molecule has 1 N–H and O–H groups in total. The first-order valence-electron chi connectivity index (χ1n) is 5.93. The van der Waals surface area contributed by atoms with Gasteiger partial charge in [-0.1, -0.05) is 24.3 Å². The van der Waals surface area contributed by atoms with Crippen molar-refractivity contribution < 1.29 is 14.6 Å². The molecule has 0 unspecified atom stereocenters. The highest BCUT2D eigenvalue weighted by Crippen LogP contribution is 2.22. The van der Waals surface area contributed by atoms with E-state index in [0.717, 1.165) is 17.7 Å². The summed E-state index contributed by atoms with van der Waals surface area (Å²) in [6, 6.07) is 8.10. The third kappa shape index (κ3) is 3.87. The zero-order valence-corrected chi connectivity index (χ0v) is 11.4. The van der Waals surface area contributed by atoms with Gasteiger partial charge in [0.05, 0.1) is 18.7 Å². The Hall–Kier alpha value is -1.72. The predicted molar refractivity (Wildman–Crippen MR) is 74.5 cm³/mol. The van der Waals surface area contributed by atoms with Gasteiger partial charge in [0, 0.05) is 18.1 Å². The van der Waals surface area contributed by atoms with E-state index >= 15 is 0 Å². The molecule has 0 spiro atoms. The fourth-order valence-electron chi connectivity index (χ4n) is 1.72.